The van der Waals surface area contributed by atoms with Gasteiger partial charge in [-0.25, -0.2) is 4.98 Å². The maximum atomic E-state index is 12.9. The van der Waals surface area contributed by atoms with Crippen LogP contribution in [0.4, 0.5) is 0 Å². The lowest BCUT2D eigenvalue weighted by Gasteiger charge is -2.14. The van der Waals surface area contributed by atoms with E-state index in [0.29, 0.717) is 17.7 Å². The molecular formula is C23H22N4O3S. The number of rotatable bonds is 7. The summed E-state index contributed by atoms with van der Waals surface area (Å²) < 4.78 is 2.57. The summed E-state index contributed by atoms with van der Waals surface area (Å²) >= 11 is 1.63. The largest absolute Gasteiger partial charge is 0.354 e. The molecule has 8 heteroatoms. The van der Waals surface area contributed by atoms with Gasteiger partial charge in [0, 0.05) is 17.6 Å². The number of carbonyl (C=O) groups excluding carboxylic acids is 1. The van der Waals surface area contributed by atoms with E-state index in [9.17, 15) is 14.4 Å². The molecule has 31 heavy (non-hydrogen) atoms. The minimum atomic E-state index is -0.735. The molecule has 4 aromatic rings. The molecule has 1 aromatic carbocycles. The second-order valence-electron chi connectivity index (χ2n) is 7.29. The van der Waals surface area contributed by atoms with Crippen molar-refractivity contribution in [3.8, 4) is 0 Å². The van der Waals surface area contributed by atoms with E-state index in [2.05, 4.69) is 10.3 Å². The first-order chi connectivity index (χ1) is 15.0. The number of amides is 1. The van der Waals surface area contributed by atoms with E-state index >= 15 is 0 Å². The molecule has 0 saturated heterocycles. The zero-order valence-corrected chi connectivity index (χ0v) is 17.9. The number of pyridine rings is 1. The molecule has 0 atom stereocenters. The number of nitrogens with zero attached hydrogens (tertiary/aromatic N) is 3. The predicted molar refractivity (Wildman–Crippen MR) is 122 cm³/mol. The van der Waals surface area contributed by atoms with Crippen LogP contribution in [-0.2, 0) is 24.3 Å². The highest BCUT2D eigenvalue weighted by Gasteiger charge is 2.16. The van der Waals surface area contributed by atoms with Crippen molar-refractivity contribution in [3.63, 3.8) is 0 Å². The standard InChI is InChI=1S/C23H22N4O3S/c1-16-6-8-17(9-7-16)14-27-21-19(5-2-11-25-21)26(22(29)23(27)30)15-20(28)24-12-10-18-4-3-13-31-18/h2-9,11,13H,10,12,14-15H2,1H3,(H,24,28). The van der Waals surface area contributed by atoms with Gasteiger partial charge in [-0.1, -0.05) is 35.9 Å². The third-order valence-electron chi connectivity index (χ3n) is 5.02. The molecule has 0 bridgehead atoms. The molecule has 158 valence electrons. The summed E-state index contributed by atoms with van der Waals surface area (Å²) in [5, 5.41) is 4.81. The Morgan fingerprint density at radius 2 is 1.81 bits per heavy atom. The quantitative estimate of drug-likeness (QED) is 0.453. The van der Waals surface area contributed by atoms with Gasteiger partial charge in [0.2, 0.25) is 5.91 Å². The lowest BCUT2D eigenvalue weighted by molar-refractivity contribution is -0.121. The topological polar surface area (TPSA) is 86.0 Å². The zero-order chi connectivity index (χ0) is 21.8. The SMILES string of the molecule is Cc1ccc(Cn2c(=O)c(=O)n(CC(=O)NCCc3cccs3)c3cccnc32)cc1. The zero-order valence-electron chi connectivity index (χ0n) is 17.1. The summed E-state index contributed by atoms with van der Waals surface area (Å²) in [5.74, 6) is -0.320. The van der Waals surface area contributed by atoms with E-state index in [-0.39, 0.29) is 19.0 Å². The molecule has 0 aliphatic rings. The van der Waals surface area contributed by atoms with Crippen LogP contribution in [0, 0.1) is 6.92 Å². The van der Waals surface area contributed by atoms with Crippen molar-refractivity contribution in [2.45, 2.75) is 26.4 Å². The van der Waals surface area contributed by atoms with Gasteiger partial charge in [-0.15, -0.1) is 11.3 Å². The van der Waals surface area contributed by atoms with Crippen molar-refractivity contribution < 1.29 is 4.79 Å². The van der Waals surface area contributed by atoms with E-state index in [1.165, 1.54) is 14.0 Å². The summed E-state index contributed by atoms with van der Waals surface area (Å²) in [6, 6.07) is 15.1. The van der Waals surface area contributed by atoms with Crippen molar-refractivity contribution in [1.29, 1.82) is 0 Å². The van der Waals surface area contributed by atoms with Crippen molar-refractivity contribution in [1.82, 2.24) is 19.4 Å². The molecule has 1 amide bonds. The summed E-state index contributed by atoms with van der Waals surface area (Å²) in [7, 11) is 0. The van der Waals surface area contributed by atoms with Crippen LogP contribution in [0.3, 0.4) is 0 Å². The number of benzene rings is 1. The van der Waals surface area contributed by atoms with Crippen LogP contribution in [0.1, 0.15) is 16.0 Å². The van der Waals surface area contributed by atoms with Crippen molar-refractivity contribution in [3.05, 3.63) is 96.8 Å². The first-order valence-corrected chi connectivity index (χ1v) is 10.8. The number of carbonyl (C=O) groups is 1. The van der Waals surface area contributed by atoms with Gasteiger partial charge in [-0.2, -0.15) is 0 Å². The maximum Gasteiger partial charge on any atom is 0.318 e. The Kier molecular flexibility index (Phi) is 6.08. The highest BCUT2D eigenvalue weighted by molar-refractivity contribution is 7.09. The molecule has 0 fully saturated rings. The van der Waals surface area contributed by atoms with Crippen LogP contribution in [-0.4, -0.2) is 26.6 Å². The maximum absolute atomic E-state index is 12.9. The summed E-state index contributed by atoms with van der Waals surface area (Å²) in [4.78, 5) is 43.7. The Morgan fingerprint density at radius 1 is 1.03 bits per heavy atom. The number of aryl methyl sites for hydroxylation is 1. The minimum absolute atomic E-state index is 0.230. The smallest absolute Gasteiger partial charge is 0.318 e. The average molecular weight is 435 g/mol. The van der Waals surface area contributed by atoms with Crippen molar-refractivity contribution in [2.75, 3.05) is 6.54 Å². The van der Waals surface area contributed by atoms with Gasteiger partial charge in [-0.05, 0) is 42.5 Å². The Labute approximate surface area is 182 Å². The number of nitrogens with one attached hydrogen (secondary N) is 1. The van der Waals surface area contributed by atoms with Crippen molar-refractivity contribution in [2.24, 2.45) is 0 Å². The monoisotopic (exact) mass is 434 g/mol. The van der Waals surface area contributed by atoms with Crippen LogP contribution >= 0.6 is 11.3 Å². The Morgan fingerprint density at radius 3 is 2.55 bits per heavy atom. The highest BCUT2D eigenvalue weighted by atomic mass is 32.1. The first-order valence-electron chi connectivity index (χ1n) is 9.96. The van der Waals surface area contributed by atoms with E-state index < -0.39 is 11.1 Å². The lowest BCUT2D eigenvalue weighted by atomic mass is 10.1. The molecule has 0 unspecified atom stereocenters. The Bertz CT molecular complexity index is 1320. The fraction of sp³-hybridized carbons (Fsp3) is 0.217. The van der Waals surface area contributed by atoms with E-state index in [4.69, 9.17) is 0 Å². The predicted octanol–water partition coefficient (Wildman–Crippen LogP) is 2.34. The second-order valence-corrected chi connectivity index (χ2v) is 8.33. The van der Waals surface area contributed by atoms with Gasteiger partial charge < -0.3 is 5.32 Å². The molecule has 7 nitrogen and oxygen atoms in total. The fourth-order valence-corrected chi connectivity index (χ4v) is 4.11. The van der Waals surface area contributed by atoms with Gasteiger partial charge in [0.05, 0.1) is 12.1 Å². The molecule has 3 aromatic heterocycles. The number of thiophene rings is 1. The second kappa shape index (κ2) is 9.09. The van der Waals surface area contributed by atoms with Crippen LogP contribution < -0.4 is 16.4 Å². The minimum Gasteiger partial charge on any atom is -0.354 e. The number of fused-ring (bicyclic) bond motifs is 1. The Balaban J connectivity index is 1.61. The molecule has 4 rings (SSSR count). The third-order valence-corrected chi connectivity index (χ3v) is 5.96. The molecule has 0 aliphatic heterocycles. The number of aromatic nitrogens is 3. The van der Waals surface area contributed by atoms with Crippen molar-refractivity contribution >= 4 is 28.4 Å². The summed E-state index contributed by atoms with van der Waals surface area (Å²) in [6.45, 7) is 2.45. The average Bonchev–Trinajstić information content (AvgIpc) is 3.29. The molecule has 3 heterocycles. The fourth-order valence-electron chi connectivity index (χ4n) is 3.40. The molecule has 0 saturated carbocycles. The van der Waals surface area contributed by atoms with Gasteiger partial charge in [-0.3, -0.25) is 23.5 Å². The van der Waals surface area contributed by atoms with Gasteiger partial charge in [0.1, 0.15) is 6.54 Å². The van der Waals surface area contributed by atoms with E-state index in [1.54, 1.807) is 29.7 Å². The summed E-state index contributed by atoms with van der Waals surface area (Å²) in [6.07, 6.45) is 2.29. The normalized spacial score (nSPS) is 11.0. The summed E-state index contributed by atoms with van der Waals surface area (Å²) in [5.41, 5.74) is 1.40. The van der Waals surface area contributed by atoms with Crippen LogP contribution in [0.2, 0.25) is 0 Å². The van der Waals surface area contributed by atoms with Crippen LogP contribution in [0.5, 0.6) is 0 Å². The van der Waals surface area contributed by atoms with Gasteiger partial charge >= 0.3 is 11.1 Å². The Hall–Kier alpha value is -3.52. The van der Waals surface area contributed by atoms with Crippen LogP contribution in [0.15, 0.2) is 69.7 Å². The molecule has 0 aliphatic carbocycles. The van der Waals surface area contributed by atoms with E-state index in [0.717, 1.165) is 17.5 Å². The molecule has 1 N–H and O–H groups in total. The lowest BCUT2D eigenvalue weighted by Crippen LogP contribution is -2.44. The molecule has 0 spiro atoms. The van der Waals surface area contributed by atoms with Crippen LogP contribution in [0.25, 0.3) is 11.2 Å². The molecular weight excluding hydrogens is 412 g/mol. The van der Waals surface area contributed by atoms with Gasteiger partial charge in [0.25, 0.3) is 0 Å². The first kappa shape index (κ1) is 20.7. The highest BCUT2D eigenvalue weighted by Crippen LogP contribution is 2.11. The van der Waals surface area contributed by atoms with Gasteiger partial charge in [0.15, 0.2) is 5.65 Å². The number of hydrogen-bond donors (Lipinski definition) is 1. The third kappa shape index (κ3) is 4.64. The van der Waals surface area contributed by atoms with E-state index in [1.807, 2.05) is 48.7 Å². The molecule has 0 radical (unpaired) electrons. The number of hydrogen-bond acceptors (Lipinski definition) is 5.